The fraction of sp³-hybridized carbons (Fsp3) is 0.179. The Hall–Kier alpha value is -5.74. The van der Waals surface area contributed by atoms with Gasteiger partial charge in [0.25, 0.3) is 0 Å². The minimum Gasteiger partial charge on any atom is -0.324 e. The normalized spacial score (nSPS) is 16.2. The first-order chi connectivity index (χ1) is 26.0. The predicted octanol–water partition coefficient (Wildman–Crippen LogP) is 13.3. The molecular formula is C39H28F6N6O2S2. The first-order valence-corrected chi connectivity index (χ1v) is 18.2. The summed E-state index contributed by atoms with van der Waals surface area (Å²) < 4.78 is 96.0. The average Bonchev–Trinajstić information content (AvgIpc) is 3.65. The molecular weight excluding hydrogens is 763 g/mol. The molecule has 2 amide bonds. The van der Waals surface area contributed by atoms with Crippen LogP contribution in [0.5, 0.6) is 0 Å². The number of thiophene rings is 2. The van der Waals surface area contributed by atoms with Gasteiger partial charge in [-0.25, -0.2) is 0 Å². The van der Waals surface area contributed by atoms with Crippen molar-refractivity contribution in [3.8, 4) is 0 Å². The highest BCUT2D eigenvalue weighted by Gasteiger charge is 2.80. The molecule has 0 aliphatic heterocycles. The maximum atomic E-state index is 16.1. The smallest absolute Gasteiger partial charge is 0.324 e. The third kappa shape index (κ3) is 6.48. The summed E-state index contributed by atoms with van der Waals surface area (Å²) in [5.41, 5.74) is -1.66. The second-order valence-corrected chi connectivity index (χ2v) is 15.2. The van der Waals surface area contributed by atoms with Gasteiger partial charge in [-0.3, -0.25) is 9.59 Å². The zero-order valence-electron chi connectivity index (χ0n) is 29.3. The van der Waals surface area contributed by atoms with Gasteiger partial charge in [-0.05, 0) is 62.4 Å². The Morgan fingerprint density at radius 3 is 1.33 bits per heavy atom. The number of nitrogens with zero attached hydrogens (tertiary/aromatic N) is 4. The number of halogens is 6. The molecule has 280 valence electrons. The van der Waals surface area contributed by atoms with Crippen molar-refractivity contribution in [2.75, 3.05) is 10.6 Å². The van der Waals surface area contributed by atoms with Crippen LogP contribution in [0.25, 0.3) is 31.3 Å². The van der Waals surface area contributed by atoms with E-state index >= 15 is 26.3 Å². The second-order valence-electron chi connectivity index (χ2n) is 12.7. The summed E-state index contributed by atoms with van der Waals surface area (Å²) in [5, 5.41) is 22.2. The lowest BCUT2D eigenvalue weighted by atomic mass is 9.91. The van der Waals surface area contributed by atoms with E-state index in [1.54, 1.807) is 48.5 Å². The number of alkyl halides is 6. The van der Waals surface area contributed by atoms with Gasteiger partial charge in [-0.2, -0.15) is 36.6 Å². The highest BCUT2D eigenvalue weighted by molar-refractivity contribution is 7.19. The van der Waals surface area contributed by atoms with Crippen molar-refractivity contribution in [3.05, 3.63) is 106 Å². The molecule has 55 heavy (non-hydrogen) atoms. The number of amides is 2. The van der Waals surface area contributed by atoms with E-state index in [1.165, 1.54) is 64.1 Å². The number of carbonyl (C=O) groups is 2. The van der Waals surface area contributed by atoms with Crippen LogP contribution >= 0.6 is 22.7 Å². The van der Waals surface area contributed by atoms with E-state index in [2.05, 4.69) is 31.1 Å². The number of aryl methyl sites for hydroxylation is 2. The molecule has 0 atom stereocenters. The van der Waals surface area contributed by atoms with Crippen LogP contribution in [0.4, 0.5) is 60.5 Å². The van der Waals surface area contributed by atoms with Gasteiger partial charge in [-0.15, -0.1) is 32.9 Å². The van der Waals surface area contributed by atoms with E-state index in [0.29, 0.717) is 32.1 Å². The molecule has 0 fully saturated rings. The van der Waals surface area contributed by atoms with Crippen LogP contribution in [0.15, 0.2) is 105 Å². The van der Waals surface area contributed by atoms with Crippen LogP contribution in [0.3, 0.4) is 0 Å². The summed E-state index contributed by atoms with van der Waals surface area (Å²) in [6.07, 6.45) is 0. The third-order valence-corrected chi connectivity index (χ3v) is 11.0. The summed E-state index contributed by atoms with van der Waals surface area (Å²) in [7, 11) is 0. The minimum atomic E-state index is -5.75. The number of allylic oxidation sites excluding steroid dienone is 2. The van der Waals surface area contributed by atoms with Crippen molar-refractivity contribution >= 4 is 99.9 Å². The van der Waals surface area contributed by atoms with Crippen LogP contribution in [0.2, 0.25) is 0 Å². The number of carbonyl (C=O) groups excluding carboxylic acids is 2. The van der Waals surface area contributed by atoms with Gasteiger partial charge in [-0.1, -0.05) is 36.4 Å². The van der Waals surface area contributed by atoms with Crippen molar-refractivity contribution in [2.45, 2.75) is 45.5 Å². The van der Waals surface area contributed by atoms with Crippen molar-refractivity contribution < 1.29 is 35.9 Å². The van der Waals surface area contributed by atoms with Crippen LogP contribution in [0, 0.1) is 13.8 Å². The summed E-state index contributed by atoms with van der Waals surface area (Å²) >= 11 is 1.94. The SMILES string of the molecule is CC(=O)Nc1ccccc1N=Nc1ccc2c(C3=C(c4c(C)sc5cc(N=Nc6ccccc6NC(C)=O)ccc45)C(F)(F)C(F)(F)C3(F)F)c(C)sc2c1. The van der Waals surface area contributed by atoms with Crippen molar-refractivity contribution in [2.24, 2.45) is 20.5 Å². The van der Waals surface area contributed by atoms with Gasteiger partial charge in [0.2, 0.25) is 11.8 Å². The quantitative estimate of drug-likeness (QED) is 0.118. The van der Waals surface area contributed by atoms with Crippen molar-refractivity contribution in [1.29, 1.82) is 0 Å². The third-order valence-electron chi connectivity index (χ3n) is 8.84. The Kier molecular flexibility index (Phi) is 9.45. The van der Waals surface area contributed by atoms with Crippen molar-refractivity contribution in [3.63, 3.8) is 0 Å². The number of benzene rings is 4. The van der Waals surface area contributed by atoms with E-state index in [0.717, 1.165) is 22.7 Å². The molecule has 4 aromatic carbocycles. The molecule has 1 aliphatic rings. The van der Waals surface area contributed by atoms with Gasteiger partial charge in [0.05, 0.1) is 22.7 Å². The van der Waals surface area contributed by atoms with Gasteiger partial charge >= 0.3 is 17.8 Å². The number of hydrogen-bond donors (Lipinski definition) is 2. The Morgan fingerprint density at radius 2 is 0.945 bits per heavy atom. The molecule has 0 saturated heterocycles. The zero-order chi connectivity index (χ0) is 39.4. The molecule has 0 saturated carbocycles. The van der Waals surface area contributed by atoms with E-state index in [4.69, 9.17) is 0 Å². The summed E-state index contributed by atoms with van der Waals surface area (Å²) in [4.78, 5) is 23.5. The molecule has 7 rings (SSSR count). The summed E-state index contributed by atoms with van der Waals surface area (Å²) in [6, 6.07) is 21.9. The Labute approximate surface area is 317 Å². The average molecular weight is 791 g/mol. The Balaban J connectivity index is 1.34. The fourth-order valence-electron chi connectivity index (χ4n) is 6.49. The van der Waals surface area contributed by atoms with E-state index in [9.17, 15) is 9.59 Å². The van der Waals surface area contributed by atoms with Gasteiger partial charge in [0.15, 0.2) is 0 Å². The molecule has 0 spiro atoms. The Bertz CT molecular complexity index is 2470. The zero-order valence-corrected chi connectivity index (χ0v) is 30.9. The molecule has 8 nitrogen and oxygen atoms in total. The summed E-state index contributed by atoms with van der Waals surface area (Å²) in [5.74, 6) is -16.9. The van der Waals surface area contributed by atoms with E-state index < -0.39 is 40.0 Å². The molecule has 0 bridgehead atoms. The number of nitrogens with one attached hydrogen (secondary N) is 2. The first-order valence-electron chi connectivity index (χ1n) is 16.5. The molecule has 2 N–H and O–H groups in total. The second kappa shape index (κ2) is 13.8. The fourth-order valence-corrected chi connectivity index (χ4v) is 8.69. The molecule has 6 aromatic rings. The van der Waals surface area contributed by atoms with Crippen LogP contribution < -0.4 is 10.6 Å². The number of para-hydroxylation sites is 2. The highest BCUT2D eigenvalue weighted by Crippen LogP contribution is 2.67. The van der Waals surface area contributed by atoms with Crippen molar-refractivity contribution in [1.82, 2.24) is 0 Å². The molecule has 0 unspecified atom stereocenters. The molecule has 1 aliphatic carbocycles. The number of rotatable bonds is 8. The predicted molar refractivity (Wildman–Crippen MR) is 205 cm³/mol. The lowest BCUT2D eigenvalue weighted by molar-refractivity contribution is -0.254. The topological polar surface area (TPSA) is 108 Å². The van der Waals surface area contributed by atoms with Gasteiger partial charge in [0, 0.05) is 66.0 Å². The molecule has 0 radical (unpaired) electrons. The Morgan fingerprint density at radius 1 is 0.564 bits per heavy atom. The largest absolute Gasteiger partial charge is 0.380 e. The van der Waals surface area contributed by atoms with Gasteiger partial charge < -0.3 is 10.6 Å². The van der Waals surface area contributed by atoms with Crippen LogP contribution in [0.1, 0.15) is 34.7 Å². The molecule has 2 aromatic heterocycles. The molecule has 16 heteroatoms. The van der Waals surface area contributed by atoms with E-state index in [-0.39, 0.29) is 43.7 Å². The maximum Gasteiger partial charge on any atom is 0.380 e. The summed E-state index contributed by atoms with van der Waals surface area (Å²) in [6.45, 7) is 5.51. The number of azo groups is 2. The molecule has 2 heterocycles. The lowest BCUT2D eigenvalue weighted by Crippen LogP contribution is -2.48. The maximum absolute atomic E-state index is 16.1. The van der Waals surface area contributed by atoms with Gasteiger partial charge in [0.1, 0.15) is 11.4 Å². The van der Waals surface area contributed by atoms with Crippen LogP contribution in [-0.2, 0) is 9.59 Å². The van der Waals surface area contributed by atoms with Crippen LogP contribution in [-0.4, -0.2) is 29.6 Å². The number of anilines is 2. The minimum absolute atomic E-state index is 0.0696. The number of fused-ring (bicyclic) bond motifs is 2. The number of hydrogen-bond acceptors (Lipinski definition) is 8. The monoisotopic (exact) mass is 790 g/mol. The first kappa shape index (κ1) is 37.6. The van der Waals surface area contributed by atoms with E-state index in [1.807, 2.05) is 0 Å². The standard InChI is InChI=1S/C39H28F6N6O2S2/c1-19-33(25-15-13-23(17-31(25)54-19)48-50-29-11-7-5-9-27(29)46-21(3)52)35-36(38(42,43)39(44,45)37(35,40)41)34-20(2)55-32-18-24(14-16-26(32)34)49-51-30-12-8-6-10-28(30)47-22(4)53/h5-18H,1-4H3,(H,46,52)(H,47,53). The lowest BCUT2D eigenvalue weighted by Gasteiger charge is -2.26. The highest BCUT2D eigenvalue weighted by atomic mass is 32.1.